The van der Waals surface area contributed by atoms with Crippen molar-refractivity contribution in [2.45, 2.75) is 82.1 Å². The van der Waals surface area contributed by atoms with Crippen molar-refractivity contribution in [3.8, 4) is 0 Å². The van der Waals surface area contributed by atoms with E-state index in [9.17, 15) is 4.79 Å². The fraction of sp³-hybridized carbons (Fsp3) is 0.783. The summed E-state index contributed by atoms with van der Waals surface area (Å²) in [6.07, 6.45) is 6.48. The third-order valence-corrected chi connectivity index (χ3v) is 18.8. The van der Waals surface area contributed by atoms with Gasteiger partial charge in [-0.15, -0.1) is 0 Å². The van der Waals surface area contributed by atoms with Gasteiger partial charge in [-0.3, -0.25) is 0 Å². The third kappa shape index (κ3) is 2.02. The van der Waals surface area contributed by atoms with Gasteiger partial charge in [0.15, 0.2) is 0 Å². The standard InChI is InChI=1S/C10H15NO.C9H13.C4H8.Ti/c11-9(12)10-4-6-1-7(5-10)3-8(10)2-6;1-6-5-7(2)9(4)8(6)3;1-4(2)3;/h6-8H,1-5H2,(H2,11,12);6H,1-4H3;1H2,2-3H3;/q;;;+1/p-1. The van der Waals surface area contributed by atoms with Crippen molar-refractivity contribution in [2.24, 2.45) is 29.1 Å². The van der Waals surface area contributed by atoms with Crippen LogP contribution in [0.2, 0.25) is 8.45 Å². The Balaban J connectivity index is 1.48. The Morgan fingerprint density at radius 1 is 1.04 bits per heavy atom. The second kappa shape index (κ2) is 5.17. The van der Waals surface area contributed by atoms with Gasteiger partial charge in [0.1, 0.15) is 0 Å². The molecule has 3 heteroatoms. The molecule has 26 heavy (non-hydrogen) atoms. The Morgan fingerprint density at radius 2 is 1.62 bits per heavy atom. The predicted molar refractivity (Wildman–Crippen MR) is 103 cm³/mol. The van der Waals surface area contributed by atoms with Crippen LogP contribution in [-0.4, -0.2) is 5.91 Å². The second-order valence-corrected chi connectivity index (χ2v) is 17.9. The summed E-state index contributed by atoms with van der Waals surface area (Å²) in [5.74, 6) is 3.45. The fourth-order valence-electron chi connectivity index (χ4n) is 7.90. The molecule has 1 N–H and O–H groups in total. The number of hydrogen-bond donors (Lipinski definition) is 1. The molecule has 0 aromatic carbocycles. The van der Waals surface area contributed by atoms with Gasteiger partial charge in [-0.1, -0.05) is 0 Å². The van der Waals surface area contributed by atoms with E-state index in [1.54, 1.807) is 9.45 Å². The number of allylic oxidation sites excluding steroid dienone is 4. The van der Waals surface area contributed by atoms with Gasteiger partial charge in [0.05, 0.1) is 0 Å². The average molecular weight is 389 g/mol. The SMILES string of the molecule is CC1=C(C)C(C)[C]([Ti]2([NH]C(=O)C34CC5CC(CC3C5)C4)[CH2][C]2(C)C)=C1C. The van der Waals surface area contributed by atoms with E-state index in [4.69, 9.17) is 0 Å². The Kier molecular flexibility index (Phi) is 3.53. The monoisotopic (exact) mass is 389 g/mol. The van der Waals surface area contributed by atoms with Crippen molar-refractivity contribution >= 4 is 5.91 Å². The zero-order valence-corrected chi connectivity index (χ0v) is 19.0. The zero-order chi connectivity index (χ0) is 18.6. The van der Waals surface area contributed by atoms with E-state index < -0.39 is 16.8 Å². The maximum absolute atomic E-state index is 13.8. The minimum absolute atomic E-state index is 0.0261. The molecule has 5 fully saturated rings. The first-order chi connectivity index (χ1) is 12.1. The molecule has 4 unspecified atom stereocenters. The number of nitrogens with one attached hydrogen (secondary N) is 1. The molecule has 6 rings (SSSR count). The summed E-state index contributed by atoms with van der Waals surface area (Å²) >= 11 is -2.56. The maximum atomic E-state index is 13.8. The molecule has 6 aliphatic rings. The van der Waals surface area contributed by atoms with E-state index in [0.717, 1.165) is 11.8 Å². The summed E-state index contributed by atoms with van der Waals surface area (Å²) in [4.78, 5) is 13.8. The topological polar surface area (TPSA) is 29.1 Å². The summed E-state index contributed by atoms with van der Waals surface area (Å²) in [5.41, 5.74) is 4.58. The molecule has 1 amide bonds. The molecule has 4 bridgehead atoms. The molecule has 0 radical (unpaired) electrons. The predicted octanol–water partition coefficient (Wildman–Crippen LogP) is 5.89. The summed E-state index contributed by atoms with van der Waals surface area (Å²) < 4.78 is 7.25. The van der Waals surface area contributed by atoms with Gasteiger partial charge >= 0.3 is 163 Å². The zero-order valence-electron chi connectivity index (χ0n) is 17.5. The van der Waals surface area contributed by atoms with Gasteiger partial charge in [-0.2, -0.15) is 0 Å². The second-order valence-electron chi connectivity index (χ2n) is 11.2. The van der Waals surface area contributed by atoms with Crippen LogP contribution in [0.3, 0.4) is 0 Å². The van der Waals surface area contributed by atoms with Crippen LogP contribution in [0.15, 0.2) is 20.6 Å². The van der Waals surface area contributed by atoms with E-state index in [1.807, 2.05) is 0 Å². The molecule has 0 spiro atoms. The Hall–Kier alpha value is -0.336. The summed E-state index contributed by atoms with van der Waals surface area (Å²) in [5, 5.41) is 0. The van der Waals surface area contributed by atoms with Crippen LogP contribution in [0.4, 0.5) is 0 Å². The Labute approximate surface area is 162 Å². The molecule has 0 aromatic rings. The number of hydrogen-bond acceptors (Lipinski definition) is 1. The van der Waals surface area contributed by atoms with Gasteiger partial charge in [-0.25, -0.2) is 0 Å². The molecule has 1 aliphatic heterocycles. The van der Waals surface area contributed by atoms with E-state index in [0.29, 0.717) is 21.5 Å². The summed E-state index contributed by atoms with van der Waals surface area (Å²) in [6, 6.07) is 0. The number of carbonyl (C=O) groups is 1. The van der Waals surface area contributed by atoms with Crippen LogP contribution >= 0.6 is 0 Å². The van der Waals surface area contributed by atoms with Crippen molar-refractivity contribution < 1.29 is 21.6 Å². The summed E-state index contributed by atoms with van der Waals surface area (Å²) in [7, 11) is 0. The third-order valence-electron chi connectivity index (χ3n) is 9.61. The van der Waals surface area contributed by atoms with Gasteiger partial charge in [0.2, 0.25) is 0 Å². The first-order valence-electron chi connectivity index (χ1n) is 10.8. The van der Waals surface area contributed by atoms with Crippen LogP contribution in [0.25, 0.3) is 0 Å². The average Bonchev–Trinajstić information content (AvgIpc) is 2.75. The van der Waals surface area contributed by atoms with E-state index in [1.165, 1.54) is 48.0 Å². The minimum atomic E-state index is -2.56. The van der Waals surface area contributed by atoms with Crippen molar-refractivity contribution in [1.82, 2.24) is 3.80 Å². The van der Waals surface area contributed by atoms with Gasteiger partial charge in [0.25, 0.3) is 0 Å². The van der Waals surface area contributed by atoms with Crippen LogP contribution in [-0.2, 0) is 21.6 Å². The number of amides is 1. The van der Waals surface area contributed by atoms with Crippen molar-refractivity contribution in [1.29, 1.82) is 0 Å². The van der Waals surface area contributed by atoms with Crippen LogP contribution < -0.4 is 3.80 Å². The van der Waals surface area contributed by atoms with E-state index in [-0.39, 0.29) is 5.41 Å². The molecule has 1 heterocycles. The molecule has 2 nitrogen and oxygen atoms in total. The molecule has 1 saturated heterocycles. The molecule has 142 valence electrons. The van der Waals surface area contributed by atoms with Crippen LogP contribution in [0.1, 0.15) is 73.6 Å². The first-order valence-corrected chi connectivity index (χ1v) is 14.3. The quantitative estimate of drug-likeness (QED) is 0.599. The first kappa shape index (κ1) is 17.7. The normalized spacial score (nSPS) is 47.9. The number of carbonyl (C=O) groups excluding carboxylic acids is 1. The van der Waals surface area contributed by atoms with E-state index >= 15 is 0 Å². The molecule has 5 aliphatic carbocycles. The molecular formula is C23H35NOTi. The van der Waals surface area contributed by atoms with Crippen LogP contribution in [0.5, 0.6) is 0 Å². The van der Waals surface area contributed by atoms with Crippen molar-refractivity contribution in [3.05, 3.63) is 20.6 Å². The molecular weight excluding hydrogens is 354 g/mol. The molecule has 4 atom stereocenters. The van der Waals surface area contributed by atoms with E-state index in [2.05, 4.69) is 45.3 Å². The Morgan fingerprint density at radius 3 is 2.08 bits per heavy atom. The van der Waals surface area contributed by atoms with Crippen LogP contribution in [0, 0.1) is 29.1 Å². The Bertz CT molecular complexity index is 761. The van der Waals surface area contributed by atoms with Crippen molar-refractivity contribution in [3.63, 3.8) is 0 Å². The van der Waals surface area contributed by atoms with Crippen molar-refractivity contribution in [2.75, 3.05) is 0 Å². The van der Waals surface area contributed by atoms with Gasteiger partial charge in [0, 0.05) is 0 Å². The fourth-order valence-corrected chi connectivity index (χ4v) is 17.1. The van der Waals surface area contributed by atoms with Gasteiger partial charge in [-0.05, 0) is 0 Å². The number of rotatable bonds is 3. The van der Waals surface area contributed by atoms with Gasteiger partial charge < -0.3 is 0 Å². The molecule has 0 aromatic heterocycles. The molecule has 4 saturated carbocycles. The summed E-state index contributed by atoms with van der Waals surface area (Å²) in [6.45, 7) is 14.2.